The number of carbonyl (C=O) groups is 5. The predicted octanol–water partition coefficient (Wildman–Crippen LogP) is 4.25. The van der Waals surface area contributed by atoms with E-state index in [1.807, 2.05) is 0 Å². The van der Waals surface area contributed by atoms with Gasteiger partial charge in [0.15, 0.2) is 5.60 Å². The Labute approximate surface area is 258 Å². The van der Waals surface area contributed by atoms with Crippen LogP contribution in [0.15, 0.2) is 36.4 Å². The summed E-state index contributed by atoms with van der Waals surface area (Å²) in [6.07, 6.45) is 10.7. The maximum Gasteiger partial charge on any atom is 0.505 e. The van der Waals surface area contributed by atoms with E-state index in [1.54, 1.807) is 6.08 Å². The maximum absolute atomic E-state index is 13.3. The normalized spacial score (nSPS) is 14.0. The van der Waals surface area contributed by atoms with Crippen LogP contribution in [0.2, 0.25) is 0 Å². The van der Waals surface area contributed by atoms with Gasteiger partial charge in [0.05, 0.1) is 12.5 Å². The number of aromatic hydroxyl groups is 1. The fourth-order valence-electron chi connectivity index (χ4n) is 4.74. The number of aliphatic hydroxyl groups is 1. The van der Waals surface area contributed by atoms with Crippen molar-refractivity contribution in [3.63, 3.8) is 0 Å². The molecule has 0 spiro atoms. The number of nitrogens with one attached hydrogen (secondary N) is 1. The van der Waals surface area contributed by atoms with E-state index in [-0.39, 0.29) is 18.0 Å². The molecule has 1 aromatic carbocycles. The zero-order valence-electron chi connectivity index (χ0n) is 25.5. The molecule has 0 aliphatic heterocycles. The van der Waals surface area contributed by atoms with Crippen LogP contribution < -0.4 is 11.1 Å². The van der Waals surface area contributed by atoms with Crippen LogP contribution in [-0.4, -0.2) is 68.4 Å². The smallest absolute Gasteiger partial charge is 0.505 e. The van der Waals surface area contributed by atoms with Gasteiger partial charge in [-0.25, -0.2) is 9.59 Å². The molecule has 12 heteroatoms. The summed E-state index contributed by atoms with van der Waals surface area (Å²) in [5.41, 5.74) is 3.36. The molecule has 0 saturated heterocycles. The average molecular weight is 621 g/mol. The number of carboxylic acids is 1. The highest BCUT2D eigenvalue weighted by Gasteiger charge is 2.46. The first-order chi connectivity index (χ1) is 20.9. The van der Waals surface area contributed by atoms with E-state index in [4.69, 9.17) is 10.8 Å². The van der Waals surface area contributed by atoms with Crippen molar-refractivity contribution >= 4 is 29.7 Å². The zero-order valence-corrected chi connectivity index (χ0v) is 25.5. The van der Waals surface area contributed by atoms with Gasteiger partial charge in [-0.15, -0.1) is 0 Å². The number of hydrogen-bond donors (Lipinski definition) is 6. The summed E-state index contributed by atoms with van der Waals surface area (Å²) >= 11 is 0. The Bertz CT molecular complexity index is 1090. The van der Waals surface area contributed by atoms with Gasteiger partial charge >= 0.3 is 12.1 Å². The van der Waals surface area contributed by atoms with Gasteiger partial charge in [-0.1, -0.05) is 69.7 Å². The second-order valence-electron chi connectivity index (χ2n) is 11.0. The standard InChI is InChI=1S/C32H48N2O10/c1-2-3-4-7-10-13-24(35)14-11-8-5-6-9-12-15-26(32(43,30(33)40)20-21-44-31(41)42)28(37)34-27(29(38)39)22-23-16-18-25(36)19-17-23/h12,15-19,26-27,36,43H,2-11,13-14,20-22H2,1H3,(H2,33,40)(H,34,37)(H,38,39)(H,41,42)/b15-12+/t26-,27+,32+/m1/s1. The van der Waals surface area contributed by atoms with E-state index < -0.39 is 54.5 Å². The van der Waals surface area contributed by atoms with Gasteiger partial charge in [0.25, 0.3) is 5.91 Å². The van der Waals surface area contributed by atoms with E-state index >= 15 is 0 Å². The van der Waals surface area contributed by atoms with Crippen molar-refractivity contribution in [3.8, 4) is 5.75 Å². The number of hydrogen-bond acceptors (Lipinski definition) is 8. The molecule has 7 N–H and O–H groups in total. The van der Waals surface area contributed by atoms with E-state index in [9.17, 15) is 39.3 Å². The van der Waals surface area contributed by atoms with E-state index in [0.29, 0.717) is 31.2 Å². The Morgan fingerprint density at radius 1 is 0.932 bits per heavy atom. The number of aliphatic carboxylic acids is 1. The number of phenols is 1. The van der Waals surface area contributed by atoms with Crippen LogP contribution >= 0.6 is 0 Å². The van der Waals surface area contributed by atoms with Crippen molar-refractivity contribution in [2.45, 2.75) is 108 Å². The Kier molecular flexibility index (Phi) is 18.1. The maximum atomic E-state index is 13.3. The van der Waals surface area contributed by atoms with Crippen molar-refractivity contribution in [1.82, 2.24) is 5.32 Å². The van der Waals surface area contributed by atoms with Gasteiger partial charge in [0.2, 0.25) is 5.91 Å². The first kappa shape index (κ1) is 38.1. The third kappa shape index (κ3) is 15.0. The molecule has 0 fully saturated rings. The molecule has 0 saturated carbocycles. The SMILES string of the molecule is CCCCCCCC(=O)CCCCCC/C=C/[C@H](C(=O)N[C@@H](Cc1ccc(O)cc1)C(=O)O)[C@@](O)(CCOC(=O)O)C(N)=O. The van der Waals surface area contributed by atoms with E-state index in [2.05, 4.69) is 17.0 Å². The van der Waals surface area contributed by atoms with Crippen LogP contribution in [0.5, 0.6) is 5.75 Å². The van der Waals surface area contributed by atoms with Crippen LogP contribution in [0.25, 0.3) is 0 Å². The summed E-state index contributed by atoms with van der Waals surface area (Å²) in [7, 11) is 0. The lowest BCUT2D eigenvalue weighted by atomic mass is 9.82. The lowest BCUT2D eigenvalue weighted by Gasteiger charge is -2.31. The number of allylic oxidation sites excluding steroid dienone is 1. The molecule has 0 aliphatic carbocycles. The molecule has 0 aliphatic rings. The zero-order chi connectivity index (χ0) is 33.0. The third-order valence-corrected chi connectivity index (χ3v) is 7.39. The predicted molar refractivity (Wildman–Crippen MR) is 163 cm³/mol. The lowest BCUT2D eigenvalue weighted by Crippen LogP contribution is -2.57. The summed E-state index contributed by atoms with van der Waals surface area (Å²) in [5, 5.41) is 41.5. The number of ketones is 1. The number of rotatable bonds is 24. The van der Waals surface area contributed by atoms with Crippen molar-refractivity contribution in [2.24, 2.45) is 11.7 Å². The lowest BCUT2D eigenvalue weighted by molar-refractivity contribution is -0.151. The number of Topliss-reactive ketones (excluding diaryl/α,β-unsaturated/α-hetero) is 1. The highest BCUT2D eigenvalue weighted by Crippen LogP contribution is 2.25. The summed E-state index contributed by atoms with van der Waals surface area (Å²) in [5.74, 6) is -5.08. The molecule has 44 heavy (non-hydrogen) atoms. The van der Waals surface area contributed by atoms with Gasteiger partial charge in [0.1, 0.15) is 17.6 Å². The number of carbonyl (C=O) groups excluding carboxylic acids is 3. The molecule has 0 radical (unpaired) electrons. The number of unbranched alkanes of at least 4 members (excludes halogenated alkanes) is 8. The molecular formula is C32H48N2O10. The van der Waals surface area contributed by atoms with Crippen molar-refractivity contribution in [2.75, 3.05) is 6.61 Å². The molecule has 1 rings (SSSR count). The van der Waals surface area contributed by atoms with Crippen molar-refractivity contribution in [3.05, 3.63) is 42.0 Å². The Hall–Kier alpha value is -3.93. The minimum Gasteiger partial charge on any atom is -0.508 e. The molecule has 0 bridgehead atoms. The molecule has 1 aromatic rings. The first-order valence-corrected chi connectivity index (χ1v) is 15.3. The number of amides is 2. The molecule has 3 atom stereocenters. The van der Waals surface area contributed by atoms with Gasteiger partial charge < -0.3 is 36.2 Å². The van der Waals surface area contributed by atoms with Crippen LogP contribution in [0, 0.1) is 5.92 Å². The second-order valence-corrected chi connectivity index (χ2v) is 11.0. The molecule has 2 amide bonds. The Morgan fingerprint density at radius 3 is 2.07 bits per heavy atom. The Balaban J connectivity index is 2.83. The fourth-order valence-corrected chi connectivity index (χ4v) is 4.74. The summed E-state index contributed by atoms with van der Waals surface area (Å²) in [4.78, 5) is 60.5. The largest absolute Gasteiger partial charge is 0.508 e. The number of primary amides is 1. The number of benzene rings is 1. The van der Waals surface area contributed by atoms with Crippen molar-refractivity contribution < 1.29 is 49.1 Å². The Morgan fingerprint density at radius 2 is 1.52 bits per heavy atom. The summed E-state index contributed by atoms with van der Waals surface area (Å²) < 4.78 is 4.41. The highest BCUT2D eigenvalue weighted by atomic mass is 16.7. The fraction of sp³-hybridized carbons (Fsp3) is 0.594. The van der Waals surface area contributed by atoms with Crippen molar-refractivity contribution in [1.29, 1.82) is 0 Å². The minimum atomic E-state index is -2.57. The number of carboxylic acid groups (broad SMARTS) is 2. The minimum absolute atomic E-state index is 0.0216. The first-order valence-electron chi connectivity index (χ1n) is 15.3. The topological polar surface area (TPSA) is 214 Å². The molecule has 0 heterocycles. The van der Waals surface area contributed by atoms with Gasteiger partial charge in [-0.3, -0.25) is 14.4 Å². The second kappa shape index (κ2) is 20.9. The summed E-state index contributed by atoms with van der Waals surface area (Å²) in [6, 6.07) is 4.26. The highest BCUT2D eigenvalue weighted by molar-refractivity contribution is 5.94. The van der Waals surface area contributed by atoms with E-state index in [1.165, 1.54) is 36.8 Å². The van der Waals surface area contributed by atoms with Crippen LogP contribution in [0.3, 0.4) is 0 Å². The molecule has 0 aromatic heterocycles. The van der Waals surface area contributed by atoms with Crippen LogP contribution in [0.4, 0.5) is 4.79 Å². The molecular weight excluding hydrogens is 572 g/mol. The number of ether oxygens (including phenoxy) is 1. The van der Waals surface area contributed by atoms with E-state index in [0.717, 1.165) is 44.9 Å². The third-order valence-electron chi connectivity index (χ3n) is 7.39. The average Bonchev–Trinajstić information content (AvgIpc) is 2.96. The number of nitrogens with two attached hydrogens (primary N) is 1. The molecule has 12 nitrogen and oxygen atoms in total. The number of phenolic OH excluding ortho intramolecular Hbond substituents is 1. The van der Waals surface area contributed by atoms with Gasteiger partial charge in [0, 0.05) is 25.7 Å². The van der Waals surface area contributed by atoms with Crippen LogP contribution in [-0.2, 0) is 30.3 Å². The van der Waals surface area contributed by atoms with Crippen LogP contribution in [0.1, 0.15) is 96.0 Å². The molecule has 246 valence electrons. The van der Waals surface area contributed by atoms with Gasteiger partial charge in [-0.05, 0) is 43.4 Å². The monoisotopic (exact) mass is 620 g/mol. The molecule has 0 unspecified atom stereocenters. The summed E-state index contributed by atoms with van der Waals surface area (Å²) in [6.45, 7) is 1.51. The quantitative estimate of drug-likeness (QED) is 0.0549. The van der Waals surface area contributed by atoms with Gasteiger partial charge in [-0.2, -0.15) is 0 Å².